The van der Waals surface area contributed by atoms with Crippen LogP contribution in [0.5, 0.6) is 0 Å². The van der Waals surface area contributed by atoms with Crippen LogP contribution in [-0.4, -0.2) is 40.8 Å². The minimum Gasteiger partial charge on any atom is -0.462 e. The van der Waals surface area contributed by atoms with Crippen LogP contribution in [0.4, 0.5) is 0 Å². The maximum absolute atomic E-state index is 13.0. The molecule has 5 nitrogen and oxygen atoms in total. The molecule has 0 aliphatic heterocycles. The molecule has 8 heteroatoms. The minimum atomic E-state index is -0.344. The summed E-state index contributed by atoms with van der Waals surface area (Å²) in [5.74, 6) is 1.19. The lowest BCUT2D eigenvalue weighted by atomic mass is 10.2. The molecule has 1 aromatic heterocycles. The quantitative estimate of drug-likeness (QED) is 0.346. The highest BCUT2D eigenvalue weighted by molar-refractivity contribution is 7.99. The Balaban J connectivity index is 2.09. The monoisotopic (exact) mass is 460 g/mol. The molecule has 0 aliphatic rings. The topological polar surface area (TPSA) is 60.7 Å². The molecule has 30 heavy (non-hydrogen) atoms. The third kappa shape index (κ3) is 5.17. The molecular formula is C22H24N2O3S3. The van der Waals surface area contributed by atoms with Gasteiger partial charge in [-0.2, -0.15) is 16.8 Å². The highest BCUT2D eigenvalue weighted by Gasteiger charge is 2.14. The summed E-state index contributed by atoms with van der Waals surface area (Å²) >= 11 is 4.79. The van der Waals surface area contributed by atoms with Crippen LogP contribution in [0.2, 0.25) is 0 Å². The molecule has 3 rings (SSSR count). The Bertz CT molecular complexity index is 1120. The first-order valence-corrected chi connectivity index (χ1v) is 12.9. The number of carbonyl (C=O) groups is 2. The van der Waals surface area contributed by atoms with Gasteiger partial charge in [-0.15, -0.1) is 11.8 Å². The zero-order chi connectivity index (χ0) is 21.5. The minimum absolute atomic E-state index is 0.248. The highest BCUT2D eigenvalue weighted by atomic mass is 32.2. The molecule has 0 bridgehead atoms. The number of thiazole rings is 1. The van der Waals surface area contributed by atoms with Crippen molar-refractivity contribution in [3.8, 4) is 0 Å². The van der Waals surface area contributed by atoms with Gasteiger partial charge in [-0.3, -0.25) is 4.79 Å². The Labute approximate surface area is 188 Å². The number of amides is 1. The summed E-state index contributed by atoms with van der Waals surface area (Å²) in [5, 5.41) is 0. The first kappa shape index (κ1) is 22.7. The number of benzene rings is 2. The van der Waals surface area contributed by atoms with Gasteiger partial charge in [0.1, 0.15) is 0 Å². The van der Waals surface area contributed by atoms with E-state index in [0.29, 0.717) is 22.5 Å². The fourth-order valence-electron chi connectivity index (χ4n) is 2.97. The van der Waals surface area contributed by atoms with Gasteiger partial charge in [-0.05, 0) is 49.3 Å². The molecule has 0 radical (unpaired) electrons. The number of aromatic nitrogens is 1. The molecule has 0 saturated carbocycles. The second-order valence-corrected chi connectivity index (χ2v) is 9.58. The summed E-state index contributed by atoms with van der Waals surface area (Å²) in [5.41, 5.74) is 2.08. The number of carbonyl (C=O) groups excluding carboxylic acids is 2. The molecule has 1 heterocycles. The second kappa shape index (κ2) is 10.8. The lowest BCUT2D eigenvalue weighted by molar-refractivity contribution is 0.0526. The highest BCUT2D eigenvalue weighted by Crippen LogP contribution is 2.24. The van der Waals surface area contributed by atoms with E-state index in [1.807, 2.05) is 42.7 Å². The number of hydrogen-bond donors (Lipinski definition) is 0. The van der Waals surface area contributed by atoms with Crippen molar-refractivity contribution in [3.05, 3.63) is 58.4 Å². The van der Waals surface area contributed by atoms with Crippen LogP contribution in [0.15, 0.2) is 52.4 Å². The molecule has 0 fully saturated rings. The van der Waals surface area contributed by atoms with E-state index >= 15 is 0 Å². The van der Waals surface area contributed by atoms with Gasteiger partial charge in [-0.1, -0.05) is 30.4 Å². The Morgan fingerprint density at radius 1 is 1.17 bits per heavy atom. The third-order valence-electron chi connectivity index (χ3n) is 4.33. The van der Waals surface area contributed by atoms with Gasteiger partial charge in [0.15, 0.2) is 4.80 Å². The predicted molar refractivity (Wildman–Crippen MR) is 127 cm³/mol. The standard InChI is InChI=1S/C22H24N2O3S3/c1-4-27-21(26)15-10-11-17-19(14-15)30-22(24(17)12-13-28-3)23-20(25)16-8-6-7-9-18(16)29-5-2/h6-11,14H,4-5,12-13H2,1-3H3. The van der Waals surface area contributed by atoms with E-state index in [1.165, 1.54) is 11.3 Å². The maximum atomic E-state index is 13.0. The number of thioether (sulfide) groups is 2. The van der Waals surface area contributed by atoms with Crippen molar-refractivity contribution in [2.75, 3.05) is 24.4 Å². The number of aryl methyl sites for hydroxylation is 1. The molecule has 0 atom stereocenters. The van der Waals surface area contributed by atoms with Crippen molar-refractivity contribution < 1.29 is 14.3 Å². The van der Waals surface area contributed by atoms with E-state index in [2.05, 4.69) is 16.5 Å². The summed E-state index contributed by atoms with van der Waals surface area (Å²) < 4.78 is 8.07. The molecular weight excluding hydrogens is 436 g/mol. The lowest BCUT2D eigenvalue weighted by Gasteiger charge is -2.06. The third-order valence-corrected chi connectivity index (χ3v) is 6.92. The summed E-state index contributed by atoms with van der Waals surface area (Å²) in [7, 11) is 0. The van der Waals surface area contributed by atoms with Crippen molar-refractivity contribution in [2.45, 2.75) is 25.3 Å². The van der Waals surface area contributed by atoms with Gasteiger partial charge in [0.05, 0.1) is 28.0 Å². The predicted octanol–water partition coefficient (Wildman–Crippen LogP) is 5.10. The number of ether oxygens (including phenoxy) is 1. The molecule has 0 spiro atoms. The molecule has 0 N–H and O–H groups in total. The van der Waals surface area contributed by atoms with Crippen molar-refractivity contribution in [2.24, 2.45) is 4.99 Å². The van der Waals surface area contributed by atoms with E-state index in [0.717, 1.165) is 33.2 Å². The first-order valence-electron chi connectivity index (χ1n) is 9.69. The van der Waals surface area contributed by atoms with Gasteiger partial charge in [0.2, 0.25) is 0 Å². The van der Waals surface area contributed by atoms with Gasteiger partial charge in [0.25, 0.3) is 5.91 Å². The van der Waals surface area contributed by atoms with Crippen LogP contribution in [0.3, 0.4) is 0 Å². The molecule has 158 valence electrons. The molecule has 0 unspecified atom stereocenters. The number of esters is 1. The molecule has 0 saturated heterocycles. The van der Waals surface area contributed by atoms with Gasteiger partial charge >= 0.3 is 5.97 Å². The normalized spacial score (nSPS) is 11.8. The van der Waals surface area contributed by atoms with Crippen molar-refractivity contribution >= 4 is 57.0 Å². The Morgan fingerprint density at radius 3 is 2.70 bits per heavy atom. The van der Waals surface area contributed by atoms with Crippen LogP contribution < -0.4 is 4.80 Å². The second-order valence-electron chi connectivity index (χ2n) is 6.28. The van der Waals surface area contributed by atoms with Crippen LogP contribution in [0.1, 0.15) is 34.6 Å². The fourth-order valence-corrected chi connectivity index (χ4v) is 5.23. The van der Waals surface area contributed by atoms with E-state index in [9.17, 15) is 9.59 Å². The average molecular weight is 461 g/mol. The number of hydrogen-bond acceptors (Lipinski definition) is 6. The Morgan fingerprint density at radius 2 is 1.97 bits per heavy atom. The van der Waals surface area contributed by atoms with E-state index in [4.69, 9.17) is 4.74 Å². The average Bonchev–Trinajstić information content (AvgIpc) is 3.09. The van der Waals surface area contributed by atoms with Crippen molar-refractivity contribution in [1.82, 2.24) is 4.57 Å². The largest absolute Gasteiger partial charge is 0.462 e. The fraction of sp³-hybridized carbons (Fsp3) is 0.318. The number of fused-ring (bicyclic) bond motifs is 1. The summed E-state index contributed by atoms with van der Waals surface area (Å²) in [6.45, 7) is 4.92. The Kier molecular flexibility index (Phi) is 8.18. The van der Waals surface area contributed by atoms with Gasteiger partial charge in [-0.25, -0.2) is 4.79 Å². The first-order chi connectivity index (χ1) is 14.6. The molecule has 2 aromatic carbocycles. The van der Waals surface area contributed by atoms with E-state index in [-0.39, 0.29) is 11.9 Å². The van der Waals surface area contributed by atoms with Crippen LogP contribution >= 0.6 is 34.9 Å². The number of nitrogens with zero attached hydrogens (tertiary/aromatic N) is 2. The molecule has 1 amide bonds. The Hall–Kier alpha value is -2.03. The maximum Gasteiger partial charge on any atom is 0.338 e. The van der Waals surface area contributed by atoms with E-state index in [1.54, 1.807) is 36.5 Å². The van der Waals surface area contributed by atoms with Gasteiger partial charge < -0.3 is 9.30 Å². The zero-order valence-corrected chi connectivity index (χ0v) is 19.7. The smallest absolute Gasteiger partial charge is 0.338 e. The van der Waals surface area contributed by atoms with Crippen LogP contribution in [0.25, 0.3) is 10.2 Å². The molecule has 3 aromatic rings. The zero-order valence-electron chi connectivity index (χ0n) is 17.2. The van der Waals surface area contributed by atoms with E-state index < -0.39 is 0 Å². The summed E-state index contributed by atoms with van der Waals surface area (Å²) in [6, 6.07) is 13.1. The summed E-state index contributed by atoms with van der Waals surface area (Å²) in [6.07, 6.45) is 2.05. The van der Waals surface area contributed by atoms with Crippen LogP contribution in [-0.2, 0) is 11.3 Å². The van der Waals surface area contributed by atoms with Crippen molar-refractivity contribution in [3.63, 3.8) is 0 Å². The van der Waals surface area contributed by atoms with Gasteiger partial charge in [0, 0.05) is 17.2 Å². The van der Waals surface area contributed by atoms with Crippen LogP contribution in [0, 0.1) is 0 Å². The lowest BCUT2D eigenvalue weighted by Crippen LogP contribution is -2.18. The number of rotatable bonds is 8. The summed E-state index contributed by atoms with van der Waals surface area (Å²) in [4.78, 5) is 31.2. The van der Waals surface area contributed by atoms with Crippen molar-refractivity contribution in [1.29, 1.82) is 0 Å². The molecule has 0 aliphatic carbocycles. The SMILES string of the molecule is CCOC(=O)c1ccc2c(c1)sc(=NC(=O)c1ccccc1SCC)n2CCSC.